The summed E-state index contributed by atoms with van der Waals surface area (Å²) in [5.74, 6) is -0.0131. The van der Waals surface area contributed by atoms with Gasteiger partial charge in [-0.05, 0) is 35.9 Å². The number of hydrogen-bond acceptors (Lipinski definition) is 3. The summed E-state index contributed by atoms with van der Waals surface area (Å²) in [4.78, 5) is 0. The van der Waals surface area contributed by atoms with Crippen LogP contribution in [0.4, 0.5) is 0 Å². The summed E-state index contributed by atoms with van der Waals surface area (Å²) in [5.41, 5.74) is 1.80. The van der Waals surface area contributed by atoms with Crippen LogP contribution in [-0.2, 0) is 0 Å². The molecule has 0 aromatic heterocycles. The summed E-state index contributed by atoms with van der Waals surface area (Å²) in [6.07, 6.45) is 9.35. The van der Waals surface area contributed by atoms with Gasteiger partial charge in [0.15, 0.2) is 0 Å². The Labute approximate surface area is 202 Å². The summed E-state index contributed by atoms with van der Waals surface area (Å²) < 4.78 is 5.04. The maximum absolute atomic E-state index is 9.96. The number of rotatable bonds is 12. The monoisotopic (exact) mass is 542 g/mol. The molecule has 32 heavy (non-hydrogen) atoms. The molecule has 0 saturated carbocycles. The van der Waals surface area contributed by atoms with Crippen LogP contribution in [0.1, 0.15) is 82.1 Å². The Morgan fingerprint density at radius 3 is 1.81 bits per heavy atom. The van der Waals surface area contributed by atoms with Gasteiger partial charge in [-0.25, -0.2) is 0 Å². The van der Waals surface area contributed by atoms with Crippen molar-refractivity contribution in [2.24, 2.45) is 0 Å². The maximum atomic E-state index is 9.96. The largest absolute Gasteiger partial charge is 0.508 e. The van der Waals surface area contributed by atoms with Crippen LogP contribution < -0.4 is 0 Å². The number of aliphatic hydroxyl groups excluding tert-OH is 2. The Morgan fingerprint density at radius 2 is 1.38 bits per heavy atom. The van der Waals surface area contributed by atoms with E-state index in [1.807, 2.05) is 24.3 Å². The van der Waals surface area contributed by atoms with Crippen molar-refractivity contribution in [3.05, 3.63) is 77.4 Å². The molecule has 0 aliphatic carbocycles. The van der Waals surface area contributed by atoms with E-state index in [0.717, 1.165) is 0 Å². The van der Waals surface area contributed by atoms with Crippen LogP contribution in [0.15, 0.2) is 60.7 Å². The van der Waals surface area contributed by atoms with Gasteiger partial charge in [0.05, 0.1) is 11.6 Å². The Bertz CT molecular complexity index is 777. The van der Waals surface area contributed by atoms with Gasteiger partial charge in [0, 0.05) is 5.56 Å². The van der Waals surface area contributed by atoms with Crippen molar-refractivity contribution >= 4 is 25.5 Å². The van der Waals surface area contributed by atoms with Crippen molar-refractivity contribution in [2.45, 2.75) is 78.7 Å². The smallest absolute Gasteiger partial charge is 0.121 e. The first-order chi connectivity index (χ1) is 15.5. The van der Waals surface area contributed by atoms with E-state index in [1.165, 1.54) is 44.6 Å². The second kappa shape index (κ2) is 17.7. The third-order valence-electron chi connectivity index (χ3n) is 5.42. The van der Waals surface area contributed by atoms with Crippen LogP contribution in [0.25, 0.3) is 5.76 Å². The molecule has 0 heterocycles. The van der Waals surface area contributed by atoms with Crippen LogP contribution in [0, 0.1) is 11.3 Å². The predicted octanol–water partition coefficient (Wildman–Crippen LogP) is 8.07. The molecule has 0 spiro atoms. The van der Waals surface area contributed by atoms with Gasteiger partial charge >= 0.3 is 92.4 Å². The van der Waals surface area contributed by atoms with E-state index < -0.39 is 25.9 Å². The van der Waals surface area contributed by atoms with Gasteiger partial charge in [-0.3, -0.25) is 0 Å². The molecule has 0 saturated heterocycles. The van der Waals surface area contributed by atoms with Gasteiger partial charge in [-0.15, -0.1) is 0 Å². The van der Waals surface area contributed by atoms with Crippen LogP contribution in [0.2, 0.25) is 13.3 Å². The van der Waals surface area contributed by atoms with Gasteiger partial charge in [-0.2, -0.15) is 5.26 Å². The fourth-order valence-corrected chi connectivity index (χ4v) is 12.8. The van der Waals surface area contributed by atoms with Crippen molar-refractivity contribution in [3.63, 3.8) is 0 Å². The topological polar surface area (TPSA) is 64.2 Å². The Hall–Kier alpha value is -1.77. The van der Waals surface area contributed by atoms with Gasteiger partial charge in [0.25, 0.3) is 0 Å². The summed E-state index contributed by atoms with van der Waals surface area (Å²) >= 11 is -0.839. The van der Waals surface area contributed by atoms with Crippen molar-refractivity contribution in [2.75, 3.05) is 0 Å². The molecule has 0 bridgehead atoms. The van der Waals surface area contributed by atoms with Gasteiger partial charge < -0.3 is 10.2 Å². The molecule has 0 aliphatic rings. The third-order valence-corrected chi connectivity index (χ3v) is 14.5. The van der Waals surface area contributed by atoms with Gasteiger partial charge in [-0.1, -0.05) is 30.3 Å². The number of nitrogens with zero attached hydrogens (tertiary/aromatic N) is 1. The molecule has 2 N–H and O–H groups in total. The number of nitriles is 1. The average Bonchev–Trinajstić information content (AvgIpc) is 2.84. The normalized spacial score (nSPS) is 12.1. The molecular formula is C28H40NO2Sn. The van der Waals surface area contributed by atoms with Crippen molar-refractivity contribution in [3.8, 4) is 6.07 Å². The maximum Gasteiger partial charge on any atom is 0.121 e. The van der Waals surface area contributed by atoms with E-state index >= 15 is 0 Å². The van der Waals surface area contributed by atoms with E-state index in [-0.39, 0.29) is 5.76 Å². The van der Waals surface area contributed by atoms with E-state index in [9.17, 15) is 10.2 Å². The quantitative estimate of drug-likeness (QED) is 0.211. The molecule has 0 amide bonds. The first-order valence-corrected chi connectivity index (χ1v) is 18.1. The molecule has 2 aromatic rings. The number of hydrogen-bond donors (Lipinski definition) is 2. The fraction of sp³-hybridized carbons (Fsp3) is 0.464. The van der Waals surface area contributed by atoms with Crippen LogP contribution in [0.3, 0.4) is 0 Å². The first kappa shape index (κ1) is 28.3. The molecule has 1 unspecified atom stereocenters. The SMILES string of the molecule is CCC[CH2][Sn]([CH2]CCC)[CH2]CCC.N#Cc1ccc(/C(O)=C/C(O)c2ccccc2)cc1. The number of aliphatic hydroxyl groups is 2. The van der Waals surface area contributed by atoms with Crippen LogP contribution >= 0.6 is 0 Å². The van der Waals surface area contributed by atoms with Crippen LogP contribution in [-0.4, -0.2) is 30.0 Å². The van der Waals surface area contributed by atoms with E-state index in [0.29, 0.717) is 16.7 Å². The second-order valence-corrected chi connectivity index (χ2v) is 16.7. The molecule has 2 rings (SSSR count). The molecule has 1 atom stereocenters. The Kier molecular flexibility index (Phi) is 15.7. The summed E-state index contributed by atoms with van der Waals surface area (Å²) in [7, 11) is 0. The van der Waals surface area contributed by atoms with Crippen molar-refractivity contribution < 1.29 is 10.2 Å². The number of unbranched alkanes of at least 4 members (excludes halogenated alkanes) is 3. The third kappa shape index (κ3) is 11.7. The average molecular weight is 541 g/mol. The summed E-state index contributed by atoms with van der Waals surface area (Å²) in [6, 6.07) is 17.6. The molecule has 0 fully saturated rings. The zero-order valence-electron chi connectivity index (χ0n) is 20.1. The van der Waals surface area contributed by atoms with E-state index in [4.69, 9.17) is 5.26 Å². The standard InChI is InChI=1S/C16H13NO2.3C4H9.Sn/c17-11-12-6-8-14(9-7-12)16(19)10-15(18)13-4-2-1-3-5-13;3*1-3-4-2;/h1-10,15,18-19H;3*1,3-4H2,2H3;/b16-10-;;;;. The fourth-order valence-electron chi connectivity index (χ4n) is 3.36. The first-order valence-electron chi connectivity index (χ1n) is 12.0. The number of benzene rings is 2. The molecule has 1 radical (unpaired) electrons. The van der Waals surface area contributed by atoms with E-state index in [1.54, 1.807) is 49.7 Å². The second-order valence-electron chi connectivity index (χ2n) is 8.16. The van der Waals surface area contributed by atoms with Crippen molar-refractivity contribution in [1.82, 2.24) is 0 Å². The Morgan fingerprint density at radius 1 is 0.875 bits per heavy atom. The van der Waals surface area contributed by atoms with Gasteiger partial charge in [0.1, 0.15) is 11.9 Å². The molecule has 0 aliphatic heterocycles. The zero-order chi connectivity index (χ0) is 23.6. The molecule has 2 aromatic carbocycles. The van der Waals surface area contributed by atoms with E-state index in [2.05, 4.69) is 20.8 Å². The minimum atomic E-state index is -0.864. The summed E-state index contributed by atoms with van der Waals surface area (Å²) in [5, 5.41) is 28.6. The van der Waals surface area contributed by atoms with Gasteiger partial charge in [0.2, 0.25) is 0 Å². The predicted molar refractivity (Wildman–Crippen MR) is 138 cm³/mol. The summed E-state index contributed by atoms with van der Waals surface area (Å²) in [6.45, 7) is 7.00. The zero-order valence-corrected chi connectivity index (χ0v) is 22.9. The molecule has 173 valence electrons. The minimum Gasteiger partial charge on any atom is -0.508 e. The molecular weight excluding hydrogens is 501 g/mol. The molecule has 4 heteroatoms. The van der Waals surface area contributed by atoms with Crippen molar-refractivity contribution in [1.29, 1.82) is 5.26 Å². The Balaban J connectivity index is 0.000000347. The molecule has 3 nitrogen and oxygen atoms in total. The van der Waals surface area contributed by atoms with Crippen LogP contribution in [0.5, 0.6) is 0 Å². The minimum absolute atomic E-state index is 0.0131.